The number of nitrogens with zero attached hydrogens (tertiary/aromatic N) is 2. The molecule has 1 aromatic heterocycles. The van der Waals surface area contributed by atoms with Crippen LogP contribution in [0.3, 0.4) is 0 Å². The number of fused-ring (bicyclic) bond motifs is 1. The second-order valence-corrected chi connectivity index (χ2v) is 5.02. The van der Waals surface area contributed by atoms with E-state index < -0.39 is 0 Å². The number of aromatic nitrogens is 2. The lowest BCUT2D eigenvalue weighted by Gasteiger charge is -2.23. The normalized spacial score (nSPS) is 19.9. The second kappa shape index (κ2) is 4.91. The summed E-state index contributed by atoms with van der Waals surface area (Å²) in [7, 11) is 2.02. The van der Waals surface area contributed by atoms with Crippen LogP contribution in [0.4, 0.5) is 0 Å². The molecule has 16 heavy (non-hydrogen) atoms. The highest BCUT2D eigenvalue weighted by atomic mass is 14.9. The van der Waals surface area contributed by atoms with Crippen molar-refractivity contribution in [1.82, 2.24) is 15.3 Å². The molecule has 1 atom stereocenters. The number of aryl methyl sites for hydroxylation is 1. The third-order valence-electron chi connectivity index (χ3n) is 3.28. The van der Waals surface area contributed by atoms with Gasteiger partial charge in [0.25, 0.3) is 0 Å². The Morgan fingerprint density at radius 1 is 1.50 bits per heavy atom. The van der Waals surface area contributed by atoms with Crippen LogP contribution >= 0.6 is 0 Å². The minimum Gasteiger partial charge on any atom is -0.319 e. The standard InChI is InChI=1S/C13H21N3/c1-9(2)13-15-8-11-6-10(7-14-3)4-5-12(11)16-13/h8-10,14H,4-7H2,1-3H3. The molecule has 1 unspecified atom stereocenters. The van der Waals surface area contributed by atoms with Gasteiger partial charge in [0.1, 0.15) is 5.82 Å². The minimum atomic E-state index is 0.431. The van der Waals surface area contributed by atoms with Crippen molar-refractivity contribution in [3.63, 3.8) is 0 Å². The van der Waals surface area contributed by atoms with Crippen LogP contribution in [0.25, 0.3) is 0 Å². The van der Waals surface area contributed by atoms with Crippen LogP contribution in [0, 0.1) is 5.92 Å². The minimum absolute atomic E-state index is 0.431. The smallest absolute Gasteiger partial charge is 0.131 e. The predicted molar refractivity (Wildman–Crippen MR) is 65.6 cm³/mol. The van der Waals surface area contributed by atoms with Crippen molar-refractivity contribution >= 4 is 0 Å². The van der Waals surface area contributed by atoms with Gasteiger partial charge in [0.2, 0.25) is 0 Å². The molecule has 1 aromatic rings. The van der Waals surface area contributed by atoms with Crippen LogP contribution in [0.2, 0.25) is 0 Å². The molecule has 0 spiro atoms. The molecule has 1 N–H and O–H groups in total. The summed E-state index contributed by atoms with van der Waals surface area (Å²) in [4.78, 5) is 9.13. The van der Waals surface area contributed by atoms with E-state index in [1.54, 1.807) is 0 Å². The Morgan fingerprint density at radius 3 is 3.00 bits per heavy atom. The predicted octanol–water partition coefficient (Wildman–Crippen LogP) is 1.92. The zero-order chi connectivity index (χ0) is 11.5. The Morgan fingerprint density at radius 2 is 2.31 bits per heavy atom. The van der Waals surface area contributed by atoms with Crippen LogP contribution in [0.5, 0.6) is 0 Å². The molecule has 0 bridgehead atoms. The van der Waals surface area contributed by atoms with Crippen molar-refractivity contribution in [2.75, 3.05) is 13.6 Å². The molecule has 1 aliphatic carbocycles. The Balaban J connectivity index is 2.15. The highest BCUT2D eigenvalue weighted by Crippen LogP contribution is 2.24. The molecule has 0 saturated heterocycles. The summed E-state index contributed by atoms with van der Waals surface area (Å²) < 4.78 is 0. The van der Waals surface area contributed by atoms with Crippen LogP contribution in [-0.4, -0.2) is 23.6 Å². The quantitative estimate of drug-likeness (QED) is 0.844. The summed E-state index contributed by atoms with van der Waals surface area (Å²) in [5.41, 5.74) is 2.64. The fourth-order valence-corrected chi connectivity index (χ4v) is 2.34. The summed E-state index contributed by atoms with van der Waals surface area (Å²) in [6.45, 7) is 5.40. The van der Waals surface area contributed by atoms with Crippen LogP contribution in [-0.2, 0) is 12.8 Å². The van der Waals surface area contributed by atoms with Gasteiger partial charge in [-0.1, -0.05) is 13.8 Å². The number of rotatable bonds is 3. The number of hydrogen-bond donors (Lipinski definition) is 1. The maximum Gasteiger partial charge on any atom is 0.131 e. The average molecular weight is 219 g/mol. The van der Waals surface area contributed by atoms with Gasteiger partial charge in [-0.3, -0.25) is 0 Å². The zero-order valence-corrected chi connectivity index (χ0v) is 10.5. The van der Waals surface area contributed by atoms with E-state index in [4.69, 9.17) is 0 Å². The van der Waals surface area contributed by atoms with Crippen molar-refractivity contribution in [3.05, 3.63) is 23.3 Å². The molecule has 0 saturated carbocycles. The van der Waals surface area contributed by atoms with E-state index >= 15 is 0 Å². The summed E-state index contributed by atoms with van der Waals surface area (Å²) in [5, 5.41) is 3.26. The number of nitrogens with one attached hydrogen (secondary N) is 1. The molecule has 0 fully saturated rings. The maximum absolute atomic E-state index is 4.68. The molecule has 2 rings (SSSR count). The highest BCUT2D eigenvalue weighted by Gasteiger charge is 2.20. The Labute approximate surface area is 97.7 Å². The van der Waals surface area contributed by atoms with Gasteiger partial charge in [0.15, 0.2) is 0 Å². The van der Waals surface area contributed by atoms with E-state index in [0.717, 1.165) is 31.1 Å². The van der Waals surface area contributed by atoms with E-state index in [1.165, 1.54) is 17.7 Å². The lowest BCUT2D eigenvalue weighted by atomic mass is 9.87. The third-order valence-corrected chi connectivity index (χ3v) is 3.28. The summed E-state index contributed by atoms with van der Waals surface area (Å²) in [6, 6.07) is 0. The zero-order valence-electron chi connectivity index (χ0n) is 10.5. The molecule has 88 valence electrons. The molecule has 1 heterocycles. The van der Waals surface area contributed by atoms with E-state index in [2.05, 4.69) is 29.1 Å². The second-order valence-electron chi connectivity index (χ2n) is 5.02. The first-order valence-electron chi connectivity index (χ1n) is 6.20. The molecule has 0 aliphatic heterocycles. The molecular formula is C13H21N3. The summed E-state index contributed by atoms with van der Waals surface area (Å²) in [6.07, 6.45) is 5.54. The highest BCUT2D eigenvalue weighted by molar-refractivity contribution is 5.22. The molecule has 0 amide bonds. The first kappa shape index (κ1) is 11.5. The van der Waals surface area contributed by atoms with Gasteiger partial charge in [0, 0.05) is 17.8 Å². The van der Waals surface area contributed by atoms with Gasteiger partial charge in [0.05, 0.1) is 0 Å². The topological polar surface area (TPSA) is 37.8 Å². The largest absolute Gasteiger partial charge is 0.319 e. The lowest BCUT2D eigenvalue weighted by Crippen LogP contribution is -2.25. The monoisotopic (exact) mass is 219 g/mol. The molecule has 3 nitrogen and oxygen atoms in total. The average Bonchev–Trinajstić information content (AvgIpc) is 2.28. The van der Waals surface area contributed by atoms with E-state index in [9.17, 15) is 0 Å². The fourth-order valence-electron chi connectivity index (χ4n) is 2.34. The lowest BCUT2D eigenvalue weighted by molar-refractivity contribution is 0.432. The van der Waals surface area contributed by atoms with Crippen LogP contribution in [0.15, 0.2) is 6.20 Å². The van der Waals surface area contributed by atoms with Crippen LogP contribution < -0.4 is 5.32 Å². The first-order valence-corrected chi connectivity index (χ1v) is 6.20. The van der Waals surface area contributed by atoms with Crippen LogP contribution in [0.1, 0.15) is 43.3 Å². The van der Waals surface area contributed by atoms with Crippen molar-refractivity contribution in [1.29, 1.82) is 0 Å². The van der Waals surface area contributed by atoms with Gasteiger partial charge in [-0.15, -0.1) is 0 Å². The van der Waals surface area contributed by atoms with Gasteiger partial charge in [-0.2, -0.15) is 0 Å². The van der Waals surface area contributed by atoms with Gasteiger partial charge >= 0.3 is 0 Å². The van der Waals surface area contributed by atoms with E-state index in [0.29, 0.717) is 5.92 Å². The maximum atomic E-state index is 4.68. The Hall–Kier alpha value is -0.960. The van der Waals surface area contributed by atoms with Crippen molar-refractivity contribution < 1.29 is 0 Å². The molecule has 1 aliphatic rings. The van der Waals surface area contributed by atoms with Crippen molar-refractivity contribution in [3.8, 4) is 0 Å². The van der Waals surface area contributed by atoms with Gasteiger partial charge in [-0.25, -0.2) is 9.97 Å². The third kappa shape index (κ3) is 2.40. The summed E-state index contributed by atoms with van der Waals surface area (Å²) in [5.74, 6) is 2.18. The van der Waals surface area contributed by atoms with Gasteiger partial charge in [-0.05, 0) is 44.3 Å². The molecule has 0 radical (unpaired) electrons. The number of hydrogen-bond acceptors (Lipinski definition) is 3. The Kier molecular flexibility index (Phi) is 3.54. The molecule has 3 heteroatoms. The SMILES string of the molecule is CNCC1CCc2nc(C(C)C)ncc2C1. The van der Waals surface area contributed by atoms with E-state index in [1.807, 2.05) is 13.2 Å². The first-order chi connectivity index (χ1) is 7.70. The molecular weight excluding hydrogens is 198 g/mol. The van der Waals surface area contributed by atoms with Crippen molar-refractivity contribution in [2.24, 2.45) is 5.92 Å². The van der Waals surface area contributed by atoms with E-state index in [-0.39, 0.29) is 0 Å². The molecule has 0 aromatic carbocycles. The summed E-state index contributed by atoms with van der Waals surface area (Å²) >= 11 is 0. The van der Waals surface area contributed by atoms with Crippen molar-refractivity contribution in [2.45, 2.75) is 39.0 Å². The fraction of sp³-hybridized carbons (Fsp3) is 0.692. The Bertz CT molecular complexity index is 360. The van der Waals surface area contributed by atoms with Gasteiger partial charge < -0.3 is 5.32 Å².